The van der Waals surface area contributed by atoms with Crippen molar-refractivity contribution in [1.82, 2.24) is 14.7 Å². The lowest BCUT2D eigenvalue weighted by Crippen LogP contribution is -2.34. The lowest BCUT2D eigenvalue weighted by atomic mass is 9.88. The highest BCUT2D eigenvalue weighted by molar-refractivity contribution is 7.15. The van der Waals surface area contributed by atoms with E-state index in [0.717, 1.165) is 29.8 Å². The van der Waals surface area contributed by atoms with Crippen LogP contribution in [0.15, 0.2) is 42.0 Å². The molecule has 0 unspecified atom stereocenters. The first kappa shape index (κ1) is 16.8. The summed E-state index contributed by atoms with van der Waals surface area (Å²) in [6.45, 7) is -0.264. The fourth-order valence-corrected chi connectivity index (χ4v) is 4.07. The summed E-state index contributed by atoms with van der Waals surface area (Å²) in [5.41, 5.74) is 3.08. The average Bonchev–Trinajstić information content (AvgIpc) is 3.22. The molecule has 0 radical (unpaired) electrons. The number of thiazole rings is 1. The van der Waals surface area contributed by atoms with Crippen LogP contribution < -0.4 is 5.32 Å². The molecule has 1 aliphatic rings. The molecule has 1 amide bonds. The van der Waals surface area contributed by atoms with Crippen LogP contribution in [-0.4, -0.2) is 27.9 Å². The molecule has 1 aromatic carbocycles. The molecule has 0 spiro atoms. The monoisotopic (exact) mass is 369 g/mol. The Balaban J connectivity index is 1.29. The highest BCUT2D eigenvalue weighted by Gasteiger charge is 2.21. The Labute approximate surface area is 154 Å². The zero-order chi connectivity index (χ0) is 17.9. The van der Waals surface area contributed by atoms with Crippen LogP contribution in [0.4, 0.5) is 0 Å². The van der Waals surface area contributed by atoms with Gasteiger partial charge in [-0.2, -0.15) is 0 Å². The molecule has 134 valence electrons. The molecule has 2 heterocycles. The number of imidazole rings is 1. The third-order valence-corrected chi connectivity index (χ3v) is 5.31. The van der Waals surface area contributed by atoms with Gasteiger partial charge in [-0.05, 0) is 30.4 Å². The van der Waals surface area contributed by atoms with Crippen molar-refractivity contribution >= 4 is 28.2 Å². The van der Waals surface area contributed by atoms with E-state index in [-0.39, 0.29) is 25.0 Å². The lowest BCUT2D eigenvalue weighted by molar-refractivity contribution is -0.148. The van der Waals surface area contributed by atoms with Crippen molar-refractivity contribution in [1.29, 1.82) is 0 Å². The van der Waals surface area contributed by atoms with E-state index in [1.165, 1.54) is 16.9 Å². The summed E-state index contributed by atoms with van der Waals surface area (Å²) in [5, 5.41) is 4.91. The van der Waals surface area contributed by atoms with E-state index in [4.69, 9.17) is 4.74 Å². The van der Waals surface area contributed by atoms with Gasteiger partial charge in [-0.25, -0.2) is 4.98 Å². The number of hydrogen-bond acceptors (Lipinski definition) is 5. The van der Waals surface area contributed by atoms with Crippen LogP contribution >= 0.6 is 11.3 Å². The molecule has 1 N–H and O–H groups in total. The molecule has 0 bridgehead atoms. The number of aromatic nitrogens is 2. The molecular weight excluding hydrogens is 350 g/mol. The minimum absolute atomic E-state index is 0.00826. The fraction of sp³-hybridized carbons (Fsp3) is 0.316. The van der Waals surface area contributed by atoms with Crippen LogP contribution in [0.25, 0.3) is 4.96 Å². The van der Waals surface area contributed by atoms with Crippen molar-refractivity contribution in [3.63, 3.8) is 0 Å². The minimum Gasteiger partial charge on any atom is -0.455 e. The molecule has 6 nitrogen and oxygen atoms in total. The summed E-state index contributed by atoms with van der Waals surface area (Å²) < 4.78 is 6.97. The van der Waals surface area contributed by atoms with Crippen LogP contribution in [0.2, 0.25) is 0 Å². The van der Waals surface area contributed by atoms with Gasteiger partial charge < -0.3 is 10.1 Å². The highest BCUT2D eigenvalue weighted by atomic mass is 32.1. The SMILES string of the molecule is O=C(COC(=O)Cc1cn2ccsc2n1)N[C@@H]1CCCc2ccccc21. The molecule has 0 aliphatic heterocycles. The molecule has 7 heteroatoms. The Hall–Kier alpha value is -2.67. The number of rotatable bonds is 5. The number of carbonyl (C=O) groups excluding carboxylic acids is 2. The van der Waals surface area contributed by atoms with Gasteiger partial charge in [0.2, 0.25) is 0 Å². The van der Waals surface area contributed by atoms with Crippen molar-refractivity contribution in [3.8, 4) is 0 Å². The van der Waals surface area contributed by atoms with E-state index >= 15 is 0 Å². The molecule has 0 fully saturated rings. The summed E-state index contributed by atoms with van der Waals surface area (Å²) in [5.74, 6) is -0.721. The van der Waals surface area contributed by atoms with E-state index in [9.17, 15) is 9.59 Å². The van der Waals surface area contributed by atoms with Gasteiger partial charge in [0.15, 0.2) is 11.6 Å². The normalized spacial score (nSPS) is 16.2. The van der Waals surface area contributed by atoms with Crippen molar-refractivity contribution in [2.75, 3.05) is 6.61 Å². The van der Waals surface area contributed by atoms with Gasteiger partial charge >= 0.3 is 5.97 Å². The smallest absolute Gasteiger partial charge is 0.312 e. The zero-order valence-corrected chi connectivity index (χ0v) is 15.0. The Bertz CT molecular complexity index is 918. The standard InChI is InChI=1S/C19H19N3O3S/c23-17(21-16-7-3-5-13-4-1-2-6-15(13)16)12-25-18(24)10-14-11-22-8-9-26-19(22)20-14/h1-2,4,6,8-9,11,16H,3,5,7,10,12H2,(H,21,23)/t16-/m1/s1. The molecule has 2 aromatic heterocycles. The van der Waals surface area contributed by atoms with Crippen molar-refractivity contribution in [3.05, 3.63) is 58.9 Å². The maximum atomic E-state index is 12.2. The number of nitrogens with zero attached hydrogens (tertiary/aromatic N) is 2. The summed E-state index contributed by atoms with van der Waals surface area (Å²) in [6, 6.07) is 8.15. The van der Waals surface area contributed by atoms with E-state index in [2.05, 4.69) is 22.4 Å². The summed E-state index contributed by atoms with van der Waals surface area (Å²) >= 11 is 1.50. The van der Waals surface area contributed by atoms with Gasteiger partial charge in [-0.1, -0.05) is 24.3 Å². The van der Waals surface area contributed by atoms with Crippen LogP contribution in [0, 0.1) is 0 Å². The van der Waals surface area contributed by atoms with Crippen LogP contribution in [0.5, 0.6) is 0 Å². The lowest BCUT2D eigenvalue weighted by Gasteiger charge is -2.26. The summed E-state index contributed by atoms with van der Waals surface area (Å²) in [6.07, 6.45) is 6.73. The second-order valence-corrected chi connectivity index (χ2v) is 7.25. The molecule has 3 aromatic rings. The van der Waals surface area contributed by atoms with E-state index < -0.39 is 5.97 Å². The largest absolute Gasteiger partial charge is 0.455 e. The van der Waals surface area contributed by atoms with Crippen molar-refractivity contribution < 1.29 is 14.3 Å². The number of hydrogen-bond donors (Lipinski definition) is 1. The number of amides is 1. The number of ether oxygens (including phenoxy) is 1. The van der Waals surface area contributed by atoms with E-state index in [0.29, 0.717) is 5.69 Å². The quantitative estimate of drug-likeness (QED) is 0.702. The van der Waals surface area contributed by atoms with Gasteiger partial charge in [0.05, 0.1) is 18.2 Å². The number of carbonyl (C=O) groups is 2. The molecule has 0 saturated carbocycles. The van der Waals surface area contributed by atoms with Crippen molar-refractivity contribution in [2.45, 2.75) is 31.7 Å². The first-order valence-corrected chi connectivity index (χ1v) is 9.51. The molecule has 4 rings (SSSR count). The topological polar surface area (TPSA) is 72.7 Å². The first-order valence-electron chi connectivity index (χ1n) is 8.63. The zero-order valence-electron chi connectivity index (χ0n) is 14.2. The number of nitrogens with one attached hydrogen (secondary N) is 1. The molecule has 26 heavy (non-hydrogen) atoms. The highest BCUT2D eigenvalue weighted by Crippen LogP contribution is 2.29. The molecule has 0 saturated heterocycles. The van der Waals surface area contributed by atoms with Gasteiger partial charge in [0.1, 0.15) is 0 Å². The van der Waals surface area contributed by atoms with Gasteiger partial charge in [-0.15, -0.1) is 11.3 Å². The number of aryl methyl sites for hydroxylation is 1. The molecule has 1 aliphatic carbocycles. The van der Waals surface area contributed by atoms with Gasteiger partial charge in [-0.3, -0.25) is 14.0 Å². The average molecular weight is 369 g/mol. The number of esters is 1. The van der Waals surface area contributed by atoms with Crippen LogP contribution in [-0.2, 0) is 27.2 Å². The maximum absolute atomic E-state index is 12.2. The second kappa shape index (κ2) is 7.29. The van der Waals surface area contributed by atoms with Gasteiger partial charge in [0.25, 0.3) is 5.91 Å². The van der Waals surface area contributed by atoms with Crippen LogP contribution in [0.3, 0.4) is 0 Å². The summed E-state index contributed by atoms with van der Waals surface area (Å²) in [7, 11) is 0. The Kier molecular flexibility index (Phi) is 4.71. The van der Waals surface area contributed by atoms with Crippen molar-refractivity contribution in [2.24, 2.45) is 0 Å². The number of benzene rings is 1. The Morgan fingerprint density at radius 1 is 1.35 bits per heavy atom. The predicted octanol–water partition coefficient (Wildman–Crippen LogP) is 2.68. The maximum Gasteiger partial charge on any atom is 0.312 e. The fourth-order valence-electron chi connectivity index (χ4n) is 3.35. The molecular formula is C19H19N3O3S. The Morgan fingerprint density at radius 2 is 2.23 bits per heavy atom. The summed E-state index contributed by atoms with van der Waals surface area (Å²) in [4.78, 5) is 29.3. The minimum atomic E-state index is -0.449. The second-order valence-electron chi connectivity index (χ2n) is 6.37. The molecule has 1 atom stereocenters. The van der Waals surface area contributed by atoms with Crippen LogP contribution in [0.1, 0.15) is 35.7 Å². The first-order chi connectivity index (χ1) is 12.7. The number of fused-ring (bicyclic) bond motifs is 2. The van der Waals surface area contributed by atoms with E-state index in [1.54, 1.807) is 6.20 Å². The van der Waals surface area contributed by atoms with E-state index in [1.807, 2.05) is 28.1 Å². The Morgan fingerprint density at radius 3 is 3.12 bits per heavy atom. The van der Waals surface area contributed by atoms with Gasteiger partial charge in [0, 0.05) is 17.8 Å². The third-order valence-electron chi connectivity index (χ3n) is 4.54. The predicted molar refractivity (Wildman–Crippen MR) is 98.0 cm³/mol. The third kappa shape index (κ3) is 3.62.